The van der Waals surface area contributed by atoms with Crippen molar-refractivity contribution in [1.82, 2.24) is 4.90 Å². The molecule has 1 unspecified atom stereocenters. The highest BCUT2D eigenvalue weighted by Gasteiger charge is 2.14. The number of aryl methyl sites for hydroxylation is 1. The quantitative estimate of drug-likeness (QED) is 0.348. The van der Waals surface area contributed by atoms with Crippen LogP contribution in [0.25, 0.3) is 5.57 Å². The van der Waals surface area contributed by atoms with Gasteiger partial charge in [0.05, 0.1) is 19.8 Å². The van der Waals surface area contributed by atoms with Crippen LogP contribution in [-0.2, 0) is 9.53 Å². The van der Waals surface area contributed by atoms with Crippen LogP contribution in [0.4, 0.5) is 0 Å². The van der Waals surface area contributed by atoms with E-state index in [0.717, 1.165) is 60.7 Å². The van der Waals surface area contributed by atoms with Crippen LogP contribution >= 0.6 is 11.6 Å². The van der Waals surface area contributed by atoms with Gasteiger partial charge in [0.25, 0.3) is 0 Å². The van der Waals surface area contributed by atoms with E-state index in [0.29, 0.717) is 23.1 Å². The number of carboxylic acids is 1. The Bertz CT molecular complexity index is 1350. The van der Waals surface area contributed by atoms with Gasteiger partial charge >= 0.3 is 5.97 Å². The summed E-state index contributed by atoms with van der Waals surface area (Å²) in [6.45, 7) is 7.82. The van der Waals surface area contributed by atoms with Crippen molar-refractivity contribution < 1.29 is 24.1 Å². The highest BCUT2D eigenvalue weighted by Crippen LogP contribution is 2.27. The van der Waals surface area contributed by atoms with Gasteiger partial charge in [0.1, 0.15) is 18.1 Å². The second-order valence-electron chi connectivity index (χ2n) is 9.23. The molecule has 1 atom stereocenters. The van der Waals surface area contributed by atoms with E-state index in [9.17, 15) is 4.79 Å². The molecule has 7 heteroatoms. The molecule has 0 bridgehead atoms. The summed E-state index contributed by atoms with van der Waals surface area (Å²) >= 11 is 6.14. The molecule has 6 nitrogen and oxygen atoms in total. The predicted octanol–water partition coefficient (Wildman–Crippen LogP) is 5.69. The normalized spacial score (nSPS) is 14.7. The van der Waals surface area contributed by atoms with Gasteiger partial charge in [-0.15, -0.1) is 0 Å². The maximum atomic E-state index is 11.1. The van der Waals surface area contributed by atoms with Gasteiger partial charge in [-0.1, -0.05) is 47.7 Å². The van der Waals surface area contributed by atoms with E-state index in [1.807, 2.05) is 55.5 Å². The zero-order valence-electron chi connectivity index (χ0n) is 22.2. The molecule has 1 aliphatic rings. The number of ether oxygens (including phenoxy) is 3. The average molecular weight is 546 g/mol. The van der Waals surface area contributed by atoms with E-state index in [-0.39, 0.29) is 0 Å². The summed E-state index contributed by atoms with van der Waals surface area (Å²) in [5.41, 5.74) is 4.85. The minimum absolute atomic E-state index is 0.338. The zero-order chi connectivity index (χ0) is 27.6. The Kier molecular flexibility index (Phi) is 10.0. The van der Waals surface area contributed by atoms with Crippen LogP contribution in [0.5, 0.6) is 11.5 Å². The van der Waals surface area contributed by atoms with Crippen molar-refractivity contribution in [2.75, 3.05) is 39.5 Å². The molecule has 1 heterocycles. The summed E-state index contributed by atoms with van der Waals surface area (Å²) in [4.78, 5) is 13.4. The highest BCUT2D eigenvalue weighted by molar-refractivity contribution is 6.30. The lowest BCUT2D eigenvalue weighted by molar-refractivity contribution is -0.144. The largest absolute Gasteiger partial charge is 0.489 e. The number of rotatable bonds is 9. The lowest BCUT2D eigenvalue weighted by Crippen LogP contribution is -2.36. The van der Waals surface area contributed by atoms with Gasteiger partial charge in [-0.2, -0.15) is 0 Å². The number of carbonyl (C=O) groups is 1. The van der Waals surface area contributed by atoms with Crippen LogP contribution < -0.4 is 9.47 Å². The van der Waals surface area contributed by atoms with Gasteiger partial charge in [-0.05, 0) is 84.7 Å². The van der Waals surface area contributed by atoms with Gasteiger partial charge in [-0.3, -0.25) is 4.90 Å². The van der Waals surface area contributed by atoms with Gasteiger partial charge in [0.15, 0.2) is 6.10 Å². The van der Waals surface area contributed by atoms with Crippen LogP contribution in [0, 0.1) is 18.8 Å². The van der Waals surface area contributed by atoms with Crippen molar-refractivity contribution in [2.45, 2.75) is 20.0 Å². The van der Waals surface area contributed by atoms with Gasteiger partial charge in [0.2, 0.25) is 0 Å². The van der Waals surface area contributed by atoms with Crippen LogP contribution in [0.15, 0.2) is 72.8 Å². The van der Waals surface area contributed by atoms with Crippen LogP contribution in [0.1, 0.15) is 29.2 Å². The van der Waals surface area contributed by atoms with Crippen molar-refractivity contribution in [1.29, 1.82) is 0 Å². The number of hydrogen-bond acceptors (Lipinski definition) is 5. The number of aliphatic carboxylic acids is 1. The fourth-order valence-electron chi connectivity index (χ4n) is 4.08. The monoisotopic (exact) mass is 545 g/mol. The van der Waals surface area contributed by atoms with E-state index in [4.69, 9.17) is 30.9 Å². The van der Waals surface area contributed by atoms with E-state index in [1.165, 1.54) is 6.92 Å². The molecule has 1 fully saturated rings. The number of benzene rings is 3. The Morgan fingerprint density at radius 1 is 1.08 bits per heavy atom. The Morgan fingerprint density at radius 3 is 2.38 bits per heavy atom. The molecule has 39 heavy (non-hydrogen) atoms. The number of hydrogen-bond donors (Lipinski definition) is 1. The predicted molar refractivity (Wildman–Crippen MR) is 154 cm³/mol. The molecule has 0 spiro atoms. The van der Waals surface area contributed by atoms with Crippen molar-refractivity contribution >= 4 is 23.1 Å². The lowest BCUT2D eigenvalue weighted by atomic mass is 9.97. The van der Waals surface area contributed by atoms with E-state index >= 15 is 0 Å². The Labute approximate surface area is 234 Å². The fraction of sp³-hybridized carbons (Fsp3) is 0.281. The lowest BCUT2D eigenvalue weighted by Gasteiger charge is -2.24. The third kappa shape index (κ3) is 8.36. The fourth-order valence-corrected chi connectivity index (χ4v) is 4.21. The molecule has 3 aromatic carbocycles. The topological polar surface area (TPSA) is 68.2 Å². The number of carboxylic acid groups (broad SMARTS) is 1. The minimum Gasteiger partial charge on any atom is -0.489 e. The maximum absolute atomic E-state index is 11.1. The van der Waals surface area contributed by atoms with E-state index < -0.39 is 12.1 Å². The van der Waals surface area contributed by atoms with Gasteiger partial charge in [0, 0.05) is 23.7 Å². The molecule has 1 N–H and O–H groups in total. The first-order valence-electron chi connectivity index (χ1n) is 12.9. The molecule has 202 valence electrons. The zero-order valence-corrected chi connectivity index (χ0v) is 22.9. The summed E-state index contributed by atoms with van der Waals surface area (Å²) in [6, 6.07) is 21.3. The third-order valence-corrected chi connectivity index (χ3v) is 6.58. The summed E-state index contributed by atoms with van der Waals surface area (Å²) < 4.78 is 16.9. The first-order chi connectivity index (χ1) is 18.9. The smallest absolute Gasteiger partial charge is 0.344 e. The second kappa shape index (κ2) is 13.9. The molecule has 0 radical (unpaired) electrons. The maximum Gasteiger partial charge on any atom is 0.344 e. The van der Waals surface area contributed by atoms with Gasteiger partial charge in [-0.25, -0.2) is 4.79 Å². The molecular formula is C32H32ClNO5. The first-order valence-corrected chi connectivity index (χ1v) is 13.3. The molecule has 1 aliphatic heterocycles. The molecule has 0 amide bonds. The van der Waals surface area contributed by atoms with Crippen molar-refractivity contribution in [3.05, 3.63) is 100 Å². The van der Waals surface area contributed by atoms with Crippen molar-refractivity contribution in [3.8, 4) is 23.3 Å². The highest BCUT2D eigenvalue weighted by atomic mass is 35.5. The van der Waals surface area contributed by atoms with E-state index in [1.54, 1.807) is 12.1 Å². The number of nitrogens with zero attached hydrogens (tertiary/aromatic N) is 1. The molecule has 0 saturated carbocycles. The SMILES string of the molecule is Cc1cc(OCC=C(c2ccc(Cl)cc2)c2ccc(C#CCN3CCOCC3)cc2)ccc1OC(C)C(=O)O. The van der Waals surface area contributed by atoms with Crippen molar-refractivity contribution in [3.63, 3.8) is 0 Å². The van der Waals surface area contributed by atoms with E-state index in [2.05, 4.69) is 28.9 Å². The minimum atomic E-state index is -1.01. The summed E-state index contributed by atoms with van der Waals surface area (Å²) in [5, 5.41) is 9.76. The van der Waals surface area contributed by atoms with Crippen LogP contribution in [-0.4, -0.2) is 61.5 Å². The Balaban J connectivity index is 1.46. The average Bonchev–Trinajstić information content (AvgIpc) is 2.94. The Morgan fingerprint density at radius 2 is 1.74 bits per heavy atom. The van der Waals surface area contributed by atoms with Gasteiger partial charge < -0.3 is 19.3 Å². The second-order valence-corrected chi connectivity index (χ2v) is 9.67. The molecule has 0 aliphatic carbocycles. The molecule has 0 aromatic heterocycles. The molecule has 3 aromatic rings. The van der Waals surface area contributed by atoms with Crippen LogP contribution in [0.2, 0.25) is 5.02 Å². The number of morpholine rings is 1. The van der Waals surface area contributed by atoms with Crippen molar-refractivity contribution in [2.24, 2.45) is 0 Å². The molecular weight excluding hydrogens is 514 g/mol. The molecule has 1 saturated heterocycles. The first kappa shape index (κ1) is 28.3. The number of halogens is 1. The molecule has 4 rings (SSSR count). The summed E-state index contributed by atoms with van der Waals surface area (Å²) in [5.74, 6) is 6.70. The Hall–Kier alpha value is -3.76. The standard InChI is InChI=1S/C32H32ClNO5/c1-23-22-29(13-14-31(23)39-24(2)32(35)36)38-19-15-30(27-9-11-28(33)12-10-27)26-7-5-25(6-8-26)4-3-16-34-17-20-37-21-18-34/h5-15,22,24H,16-21H2,1-2H3,(H,35,36). The summed E-state index contributed by atoms with van der Waals surface area (Å²) in [7, 11) is 0. The summed E-state index contributed by atoms with van der Waals surface area (Å²) in [6.07, 6.45) is 1.11. The van der Waals surface area contributed by atoms with Crippen LogP contribution in [0.3, 0.4) is 0 Å². The third-order valence-electron chi connectivity index (χ3n) is 6.33.